The monoisotopic (exact) mass is 223 g/mol. The number of rotatable bonds is 5. The summed E-state index contributed by atoms with van der Waals surface area (Å²) in [5.74, 6) is 0.502. The molecule has 0 radical (unpaired) electrons. The predicted molar refractivity (Wildman–Crippen MR) is 62.9 cm³/mol. The lowest BCUT2D eigenvalue weighted by Crippen LogP contribution is -2.31. The van der Waals surface area contributed by atoms with Crippen LogP contribution in [0.5, 0.6) is 0 Å². The van der Waals surface area contributed by atoms with Crippen LogP contribution >= 0.6 is 0 Å². The Morgan fingerprint density at radius 3 is 2.81 bits per heavy atom. The number of aliphatic hydroxyl groups excluding tert-OH is 1. The fourth-order valence-electron chi connectivity index (χ4n) is 2.09. The maximum atomic E-state index is 10.2. The van der Waals surface area contributed by atoms with Crippen LogP contribution in [0.15, 0.2) is 12.5 Å². The van der Waals surface area contributed by atoms with E-state index in [-0.39, 0.29) is 6.04 Å². The molecule has 16 heavy (non-hydrogen) atoms. The standard InChI is InChI=1S/C12H21N3O/c1-8(2)5-10(13)12(16)11-6-14-7-15(11)9-3-4-9/h6-10,12,16H,3-5,13H2,1-2H3. The van der Waals surface area contributed by atoms with Crippen LogP contribution in [0.25, 0.3) is 0 Å². The summed E-state index contributed by atoms with van der Waals surface area (Å²) in [7, 11) is 0. The van der Waals surface area contributed by atoms with Gasteiger partial charge in [0.1, 0.15) is 6.10 Å². The lowest BCUT2D eigenvalue weighted by molar-refractivity contribution is 0.127. The zero-order chi connectivity index (χ0) is 11.7. The van der Waals surface area contributed by atoms with Crippen molar-refractivity contribution in [1.29, 1.82) is 0 Å². The first-order chi connectivity index (χ1) is 7.59. The van der Waals surface area contributed by atoms with Crippen LogP contribution in [0.4, 0.5) is 0 Å². The van der Waals surface area contributed by atoms with Gasteiger partial charge in [-0.2, -0.15) is 0 Å². The Morgan fingerprint density at radius 2 is 2.25 bits per heavy atom. The molecule has 2 rings (SSSR count). The van der Waals surface area contributed by atoms with Crippen LogP contribution in [-0.4, -0.2) is 20.7 Å². The van der Waals surface area contributed by atoms with Crippen molar-refractivity contribution in [3.63, 3.8) is 0 Å². The first-order valence-corrected chi connectivity index (χ1v) is 6.05. The molecule has 3 N–H and O–H groups in total. The van der Waals surface area contributed by atoms with E-state index in [1.807, 2.05) is 0 Å². The highest BCUT2D eigenvalue weighted by atomic mass is 16.3. The largest absolute Gasteiger partial charge is 0.385 e. The van der Waals surface area contributed by atoms with Gasteiger partial charge < -0.3 is 15.4 Å². The van der Waals surface area contributed by atoms with Gasteiger partial charge >= 0.3 is 0 Å². The minimum absolute atomic E-state index is 0.200. The van der Waals surface area contributed by atoms with Gasteiger partial charge in [-0.3, -0.25) is 0 Å². The molecule has 2 atom stereocenters. The van der Waals surface area contributed by atoms with Crippen molar-refractivity contribution in [3.05, 3.63) is 18.2 Å². The average Bonchev–Trinajstić information content (AvgIpc) is 2.94. The average molecular weight is 223 g/mol. The summed E-state index contributed by atoms with van der Waals surface area (Å²) in [6.45, 7) is 4.23. The molecule has 0 spiro atoms. The van der Waals surface area contributed by atoms with Gasteiger partial charge in [0.05, 0.1) is 18.2 Å². The second kappa shape index (κ2) is 4.55. The summed E-state index contributed by atoms with van der Waals surface area (Å²) >= 11 is 0. The van der Waals surface area contributed by atoms with Crippen molar-refractivity contribution < 1.29 is 5.11 Å². The summed E-state index contributed by atoms with van der Waals surface area (Å²) in [5.41, 5.74) is 6.88. The fourth-order valence-corrected chi connectivity index (χ4v) is 2.09. The smallest absolute Gasteiger partial charge is 0.111 e. The van der Waals surface area contributed by atoms with Crippen molar-refractivity contribution in [2.24, 2.45) is 11.7 Å². The number of nitrogens with zero attached hydrogens (tertiary/aromatic N) is 2. The molecule has 1 aliphatic carbocycles. The molecular formula is C12H21N3O. The van der Waals surface area contributed by atoms with Crippen LogP contribution < -0.4 is 5.73 Å². The van der Waals surface area contributed by atoms with Crippen molar-refractivity contribution >= 4 is 0 Å². The number of aromatic nitrogens is 2. The molecule has 0 aliphatic heterocycles. The number of aliphatic hydroxyl groups is 1. The van der Waals surface area contributed by atoms with Crippen LogP contribution in [0.1, 0.15) is 50.9 Å². The third kappa shape index (κ3) is 2.44. The Bertz CT molecular complexity index is 344. The van der Waals surface area contributed by atoms with E-state index >= 15 is 0 Å². The van der Waals surface area contributed by atoms with Gasteiger partial charge in [0.25, 0.3) is 0 Å². The Hall–Kier alpha value is -0.870. The molecular weight excluding hydrogens is 202 g/mol. The van der Waals surface area contributed by atoms with E-state index in [9.17, 15) is 5.11 Å². The van der Waals surface area contributed by atoms with E-state index in [0.717, 1.165) is 12.1 Å². The highest BCUT2D eigenvalue weighted by Gasteiger charge is 2.29. The van der Waals surface area contributed by atoms with E-state index in [4.69, 9.17) is 5.73 Å². The van der Waals surface area contributed by atoms with Crippen molar-refractivity contribution in [2.45, 2.75) is 51.3 Å². The van der Waals surface area contributed by atoms with Gasteiger partial charge in [-0.05, 0) is 25.2 Å². The molecule has 4 heteroatoms. The minimum atomic E-state index is -0.592. The van der Waals surface area contributed by atoms with Crippen molar-refractivity contribution in [1.82, 2.24) is 9.55 Å². The number of imidazole rings is 1. The SMILES string of the molecule is CC(C)CC(N)C(O)c1cncn1C1CC1. The van der Waals surface area contributed by atoms with Crippen LogP contribution in [0, 0.1) is 5.92 Å². The van der Waals surface area contributed by atoms with E-state index in [0.29, 0.717) is 12.0 Å². The molecule has 1 heterocycles. The molecule has 2 unspecified atom stereocenters. The third-order valence-electron chi connectivity index (χ3n) is 3.09. The van der Waals surface area contributed by atoms with Gasteiger partial charge in [0.2, 0.25) is 0 Å². The Morgan fingerprint density at radius 1 is 1.56 bits per heavy atom. The summed E-state index contributed by atoms with van der Waals surface area (Å²) in [5, 5.41) is 10.2. The minimum Gasteiger partial charge on any atom is -0.385 e. The molecule has 0 amide bonds. The van der Waals surface area contributed by atoms with E-state index in [2.05, 4.69) is 23.4 Å². The number of hydrogen-bond acceptors (Lipinski definition) is 3. The second-order valence-electron chi connectivity index (χ2n) is 5.20. The Labute approximate surface area is 96.5 Å². The zero-order valence-electron chi connectivity index (χ0n) is 10.0. The van der Waals surface area contributed by atoms with Gasteiger partial charge in [0.15, 0.2) is 0 Å². The number of nitrogens with two attached hydrogens (primary N) is 1. The zero-order valence-corrected chi connectivity index (χ0v) is 10.0. The van der Waals surface area contributed by atoms with Gasteiger partial charge in [-0.15, -0.1) is 0 Å². The van der Waals surface area contributed by atoms with Crippen LogP contribution in [-0.2, 0) is 0 Å². The van der Waals surface area contributed by atoms with E-state index in [1.165, 1.54) is 12.8 Å². The van der Waals surface area contributed by atoms with Gasteiger partial charge in [-0.1, -0.05) is 13.8 Å². The molecule has 1 saturated carbocycles. The molecule has 0 aromatic carbocycles. The maximum absolute atomic E-state index is 10.2. The summed E-state index contributed by atoms with van der Waals surface area (Å²) in [6, 6.07) is 0.340. The Balaban J connectivity index is 2.07. The van der Waals surface area contributed by atoms with Crippen LogP contribution in [0.3, 0.4) is 0 Å². The molecule has 90 valence electrons. The summed E-state index contributed by atoms with van der Waals surface area (Å²) in [6.07, 6.45) is 6.16. The lowest BCUT2D eigenvalue weighted by atomic mass is 9.98. The summed E-state index contributed by atoms with van der Waals surface area (Å²) < 4.78 is 2.07. The first-order valence-electron chi connectivity index (χ1n) is 6.05. The molecule has 1 aromatic rings. The maximum Gasteiger partial charge on any atom is 0.111 e. The lowest BCUT2D eigenvalue weighted by Gasteiger charge is -2.21. The second-order valence-corrected chi connectivity index (χ2v) is 5.20. The molecule has 0 saturated heterocycles. The van der Waals surface area contributed by atoms with Crippen molar-refractivity contribution in [3.8, 4) is 0 Å². The highest BCUT2D eigenvalue weighted by Crippen LogP contribution is 2.37. The first kappa shape index (κ1) is 11.6. The topological polar surface area (TPSA) is 64.1 Å². The Kier molecular flexibility index (Phi) is 3.30. The van der Waals surface area contributed by atoms with Crippen LogP contribution in [0.2, 0.25) is 0 Å². The molecule has 1 aromatic heterocycles. The van der Waals surface area contributed by atoms with Crippen molar-refractivity contribution in [2.75, 3.05) is 0 Å². The fraction of sp³-hybridized carbons (Fsp3) is 0.750. The molecule has 1 aliphatic rings. The molecule has 4 nitrogen and oxygen atoms in total. The van der Waals surface area contributed by atoms with E-state index < -0.39 is 6.10 Å². The molecule has 1 fully saturated rings. The molecule has 0 bridgehead atoms. The third-order valence-corrected chi connectivity index (χ3v) is 3.09. The van der Waals surface area contributed by atoms with Gasteiger partial charge in [0, 0.05) is 12.1 Å². The highest BCUT2D eigenvalue weighted by molar-refractivity contribution is 5.09. The quantitative estimate of drug-likeness (QED) is 0.797. The normalized spacial score (nSPS) is 20.1. The number of hydrogen-bond donors (Lipinski definition) is 2. The van der Waals surface area contributed by atoms with Gasteiger partial charge in [-0.25, -0.2) is 4.98 Å². The predicted octanol–water partition coefficient (Wildman–Crippen LogP) is 1.62. The summed E-state index contributed by atoms with van der Waals surface area (Å²) in [4.78, 5) is 4.11. The van der Waals surface area contributed by atoms with E-state index in [1.54, 1.807) is 12.5 Å².